The first-order valence-electron chi connectivity index (χ1n) is 8.96. The summed E-state index contributed by atoms with van der Waals surface area (Å²) >= 11 is 1.46. The second-order valence-corrected chi connectivity index (χ2v) is 8.18. The Morgan fingerprint density at radius 3 is 3.04 bits per heavy atom. The van der Waals surface area contributed by atoms with E-state index in [1.165, 1.54) is 29.7 Å². The lowest BCUT2D eigenvalue weighted by Gasteiger charge is -2.34. The molecule has 1 aromatic heterocycles. The molecular weight excluding hydrogens is 334 g/mol. The van der Waals surface area contributed by atoms with Crippen molar-refractivity contribution in [3.8, 4) is 5.75 Å². The average molecular weight is 355 g/mol. The van der Waals surface area contributed by atoms with Crippen LogP contribution in [0.2, 0.25) is 0 Å². The van der Waals surface area contributed by atoms with Gasteiger partial charge in [0.25, 0.3) is 0 Å². The summed E-state index contributed by atoms with van der Waals surface area (Å²) < 4.78 is 6.00. The van der Waals surface area contributed by atoms with Gasteiger partial charge in [0.15, 0.2) is 5.13 Å². The standard InChI is InChI=1S/C19H21N3O2S/c23-18(21-19-20-7-8-25-19)14-10-22(9-12-5-6-12)17-13-3-1-2-4-16(13)24-11-15(14)17/h1-4,7-8,12,14-15,17H,5-6,9-11H2,(H,20,21,23)/t14-,15+,17+/m1/s1. The number of amides is 1. The number of hydrogen-bond donors (Lipinski definition) is 1. The first-order valence-corrected chi connectivity index (χ1v) is 9.83. The maximum atomic E-state index is 12.9. The van der Waals surface area contributed by atoms with Gasteiger partial charge in [0.2, 0.25) is 5.91 Å². The number of thiazole rings is 1. The molecule has 0 radical (unpaired) electrons. The van der Waals surface area contributed by atoms with Gasteiger partial charge < -0.3 is 10.1 Å². The molecule has 0 unspecified atom stereocenters. The lowest BCUT2D eigenvalue weighted by molar-refractivity contribution is -0.121. The van der Waals surface area contributed by atoms with Gasteiger partial charge >= 0.3 is 0 Å². The third kappa shape index (κ3) is 2.83. The van der Waals surface area contributed by atoms with Crippen LogP contribution in [0.4, 0.5) is 5.13 Å². The van der Waals surface area contributed by atoms with E-state index in [0.717, 1.165) is 24.8 Å². The van der Waals surface area contributed by atoms with Crippen LogP contribution in [0.3, 0.4) is 0 Å². The van der Waals surface area contributed by atoms with E-state index in [2.05, 4.69) is 27.3 Å². The molecular formula is C19H21N3O2S. The maximum Gasteiger partial charge on any atom is 0.231 e. The summed E-state index contributed by atoms with van der Waals surface area (Å²) in [6.07, 6.45) is 4.36. The highest BCUT2D eigenvalue weighted by Gasteiger charge is 2.49. The van der Waals surface area contributed by atoms with Crippen molar-refractivity contribution in [3.05, 3.63) is 41.4 Å². The predicted octanol–water partition coefficient (Wildman–Crippen LogP) is 3.17. The van der Waals surface area contributed by atoms with E-state index in [0.29, 0.717) is 11.7 Å². The van der Waals surface area contributed by atoms with Crippen molar-refractivity contribution in [1.82, 2.24) is 9.88 Å². The number of benzene rings is 1. The molecule has 6 heteroatoms. The van der Waals surface area contributed by atoms with Crippen LogP contribution in [-0.4, -0.2) is 35.5 Å². The number of rotatable bonds is 4. The Labute approximate surface area is 151 Å². The van der Waals surface area contributed by atoms with Crippen LogP contribution in [0.15, 0.2) is 35.8 Å². The Kier molecular flexibility index (Phi) is 3.75. The maximum absolute atomic E-state index is 12.9. The van der Waals surface area contributed by atoms with Gasteiger partial charge in [-0.15, -0.1) is 11.3 Å². The van der Waals surface area contributed by atoms with Crippen LogP contribution in [0.1, 0.15) is 24.4 Å². The number of para-hydroxylation sites is 1. The van der Waals surface area contributed by atoms with E-state index in [4.69, 9.17) is 4.74 Å². The molecule has 0 spiro atoms. The van der Waals surface area contributed by atoms with Gasteiger partial charge in [0.1, 0.15) is 5.75 Å². The van der Waals surface area contributed by atoms with Crippen molar-refractivity contribution in [2.24, 2.45) is 17.8 Å². The number of carbonyl (C=O) groups excluding carboxylic acids is 1. The minimum atomic E-state index is -0.0546. The Morgan fingerprint density at radius 2 is 2.24 bits per heavy atom. The molecule has 1 aromatic carbocycles. The van der Waals surface area contributed by atoms with Gasteiger partial charge in [0.05, 0.1) is 12.5 Å². The van der Waals surface area contributed by atoms with Crippen LogP contribution < -0.4 is 10.1 Å². The topological polar surface area (TPSA) is 54.5 Å². The van der Waals surface area contributed by atoms with Gasteiger partial charge in [-0.3, -0.25) is 9.69 Å². The lowest BCUT2D eigenvalue weighted by atomic mass is 9.85. The minimum absolute atomic E-state index is 0.0546. The fraction of sp³-hybridized carbons (Fsp3) is 0.474. The van der Waals surface area contributed by atoms with Crippen molar-refractivity contribution in [1.29, 1.82) is 0 Å². The number of hydrogen-bond acceptors (Lipinski definition) is 5. The summed E-state index contributed by atoms with van der Waals surface area (Å²) in [5.74, 6) is 2.00. The van der Waals surface area contributed by atoms with Gasteiger partial charge in [-0.1, -0.05) is 18.2 Å². The van der Waals surface area contributed by atoms with E-state index in [-0.39, 0.29) is 23.8 Å². The molecule has 1 amide bonds. The number of nitrogens with zero attached hydrogens (tertiary/aromatic N) is 2. The largest absolute Gasteiger partial charge is 0.493 e. The van der Waals surface area contributed by atoms with Crippen molar-refractivity contribution in [3.63, 3.8) is 0 Å². The molecule has 3 aliphatic rings. The predicted molar refractivity (Wildman–Crippen MR) is 96.7 cm³/mol. The van der Waals surface area contributed by atoms with Gasteiger partial charge in [-0.05, 0) is 24.8 Å². The summed E-state index contributed by atoms with van der Waals surface area (Å²) in [7, 11) is 0. The SMILES string of the molecule is O=C(Nc1nccs1)[C@@H]1CN(CC2CC2)[C@H]2c3ccccc3OC[C@@H]12. The van der Waals surface area contributed by atoms with E-state index in [1.54, 1.807) is 6.20 Å². The summed E-state index contributed by atoms with van der Waals surface area (Å²) in [6, 6.07) is 8.59. The number of anilines is 1. The van der Waals surface area contributed by atoms with Crippen molar-refractivity contribution >= 4 is 22.4 Å². The lowest BCUT2D eigenvalue weighted by Crippen LogP contribution is -2.34. The molecule has 130 valence electrons. The first-order chi connectivity index (χ1) is 12.3. The number of ether oxygens (including phenoxy) is 1. The summed E-state index contributed by atoms with van der Waals surface area (Å²) in [5, 5.41) is 5.56. The summed E-state index contributed by atoms with van der Waals surface area (Å²) in [5.41, 5.74) is 1.24. The van der Waals surface area contributed by atoms with E-state index in [1.807, 2.05) is 17.5 Å². The zero-order valence-electron chi connectivity index (χ0n) is 13.9. The second kappa shape index (κ2) is 6.11. The minimum Gasteiger partial charge on any atom is -0.493 e. The zero-order valence-corrected chi connectivity index (χ0v) is 14.7. The molecule has 5 nitrogen and oxygen atoms in total. The van der Waals surface area contributed by atoms with Gasteiger partial charge in [0, 0.05) is 42.2 Å². The Hall–Kier alpha value is -1.92. The Bertz CT molecular complexity index is 775. The smallest absolute Gasteiger partial charge is 0.231 e. The van der Waals surface area contributed by atoms with Crippen molar-refractivity contribution in [2.75, 3.05) is 25.0 Å². The number of aromatic nitrogens is 1. The third-order valence-electron chi connectivity index (χ3n) is 5.60. The molecule has 3 heterocycles. The molecule has 5 rings (SSSR count). The molecule has 1 saturated carbocycles. The number of carbonyl (C=O) groups is 1. The van der Waals surface area contributed by atoms with Crippen LogP contribution in [0.5, 0.6) is 5.75 Å². The summed E-state index contributed by atoms with van der Waals surface area (Å²) in [6.45, 7) is 2.51. The molecule has 1 aliphatic carbocycles. The molecule has 1 saturated heterocycles. The van der Waals surface area contributed by atoms with E-state index in [9.17, 15) is 4.79 Å². The fourth-order valence-corrected chi connectivity index (χ4v) is 4.78. The highest BCUT2D eigenvalue weighted by molar-refractivity contribution is 7.13. The molecule has 3 atom stereocenters. The third-order valence-corrected chi connectivity index (χ3v) is 6.29. The van der Waals surface area contributed by atoms with Crippen LogP contribution in [0, 0.1) is 17.8 Å². The number of likely N-dealkylation sites (tertiary alicyclic amines) is 1. The summed E-state index contributed by atoms with van der Waals surface area (Å²) in [4.78, 5) is 19.6. The fourth-order valence-electron chi connectivity index (χ4n) is 4.25. The van der Waals surface area contributed by atoms with Crippen molar-refractivity contribution in [2.45, 2.75) is 18.9 Å². The van der Waals surface area contributed by atoms with Gasteiger partial charge in [-0.25, -0.2) is 4.98 Å². The molecule has 2 fully saturated rings. The zero-order chi connectivity index (χ0) is 16.8. The Balaban J connectivity index is 1.43. The molecule has 25 heavy (non-hydrogen) atoms. The van der Waals surface area contributed by atoms with Gasteiger partial charge in [-0.2, -0.15) is 0 Å². The molecule has 0 bridgehead atoms. The van der Waals surface area contributed by atoms with Crippen molar-refractivity contribution < 1.29 is 9.53 Å². The van der Waals surface area contributed by atoms with Crippen LogP contribution in [0.25, 0.3) is 0 Å². The van der Waals surface area contributed by atoms with Crippen LogP contribution >= 0.6 is 11.3 Å². The van der Waals surface area contributed by atoms with E-state index < -0.39 is 0 Å². The average Bonchev–Trinajstić information content (AvgIpc) is 3.15. The Morgan fingerprint density at radius 1 is 1.36 bits per heavy atom. The monoisotopic (exact) mass is 355 g/mol. The quantitative estimate of drug-likeness (QED) is 0.915. The first kappa shape index (κ1) is 15.3. The number of nitrogens with one attached hydrogen (secondary N) is 1. The second-order valence-electron chi connectivity index (χ2n) is 7.29. The number of fused-ring (bicyclic) bond motifs is 3. The molecule has 1 N–H and O–H groups in total. The van der Waals surface area contributed by atoms with E-state index >= 15 is 0 Å². The normalized spacial score (nSPS) is 28.1. The van der Waals surface area contributed by atoms with Crippen LogP contribution in [-0.2, 0) is 4.79 Å². The highest BCUT2D eigenvalue weighted by Crippen LogP contribution is 2.49. The molecule has 2 aromatic rings. The molecule has 2 aliphatic heterocycles. The highest BCUT2D eigenvalue weighted by atomic mass is 32.1.